The summed E-state index contributed by atoms with van der Waals surface area (Å²) in [6.45, 7) is 16.1. The molecule has 0 radical (unpaired) electrons. The van der Waals surface area contributed by atoms with Gasteiger partial charge in [-0.1, -0.05) is 12.2 Å². The number of nitrogens with one attached hydrogen (secondary N) is 1. The van der Waals surface area contributed by atoms with E-state index in [4.69, 9.17) is 9.47 Å². The summed E-state index contributed by atoms with van der Waals surface area (Å²) >= 11 is 0. The first-order valence-corrected chi connectivity index (χ1v) is 8.51. The highest BCUT2D eigenvalue weighted by Crippen LogP contribution is 2.18. The fourth-order valence-corrected chi connectivity index (χ4v) is 2.70. The van der Waals surface area contributed by atoms with Crippen molar-refractivity contribution in [3.05, 3.63) is 12.2 Å². The van der Waals surface area contributed by atoms with Crippen LogP contribution in [0.4, 0.5) is 4.79 Å². The molecule has 1 N–H and O–H groups in total. The van der Waals surface area contributed by atoms with Crippen molar-refractivity contribution in [1.82, 2.24) is 15.1 Å². The second-order valence-corrected chi connectivity index (χ2v) is 7.37. The van der Waals surface area contributed by atoms with E-state index >= 15 is 0 Å². The lowest BCUT2D eigenvalue weighted by Crippen LogP contribution is -2.57. The summed E-state index contributed by atoms with van der Waals surface area (Å²) in [7, 11) is 0. The first-order chi connectivity index (χ1) is 11.3. The van der Waals surface area contributed by atoms with Gasteiger partial charge < -0.3 is 24.6 Å². The van der Waals surface area contributed by atoms with Gasteiger partial charge in [-0.25, -0.2) is 4.79 Å². The number of carbonyl (C=O) groups is 1. The number of piperazine rings is 1. The van der Waals surface area contributed by atoms with Gasteiger partial charge in [-0.2, -0.15) is 0 Å². The monoisotopic (exact) mass is 338 g/mol. The zero-order valence-corrected chi connectivity index (χ0v) is 15.3. The fourth-order valence-electron chi connectivity index (χ4n) is 2.70. The number of hydrogen-bond donors (Lipinski definition) is 1. The Balaban J connectivity index is 1.74. The Labute approximate surface area is 144 Å². The number of rotatable bonds is 5. The minimum atomic E-state index is -0.461. The van der Waals surface area contributed by atoms with E-state index in [1.165, 1.54) is 0 Å². The van der Waals surface area contributed by atoms with Crippen LogP contribution in [0.2, 0.25) is 0 Å². The summed E-state index contributed by atoms with van der Waals surface area (Å²) in [6, 6.07) is 0.227. The molecule has 7 heteroatoms. The van der Waals surface area contributed by atoms with Crippen LogP contribution in [-0.4, -0.2) is 79.4 Å². The Bertz CT molecular complexity index is 499. The number of carbonyl (C=O) groups excluding carboxylic acids is 1. The average Bonchev–Trinajstić information content (AvgIpc) is 2.87. The van der Waals surface area contributed by atoms with Crippen molar-refractivity contribution in [3.8, 4) is 0 Å². The molecular formula is C17H30N4O3. The zero-order chi connectivity index (χ0) is 17.7. The van der Waals surface area contributed by atoms with Crippen LogP contribution in [0.3, 0.4) is 0 Å². The van der Waals surface area contributed by atoms with Crippen molar-refractivity contribution >= 4 is 12.1 Å². The number of ether oxygens (including phenoxy) is 2. The van der Waals surface area contributed by atoms with Gasteiger partial charge in [0.2, 0.25) is 0 Å². The summed E-state index contributed by atoms with van der Waals surface area (Å²) in [6.07, 6.45) is -0.239. The molecule has 1 unspecified atom stereocenters. The number of guanidine groups is 1. The van der Waals surface area contributed by atoms with E-state index in [1.807, 2.05) is 27.7 Å². The van der Waals surface area contributed by atoms with Gasteiger partial charge in [-0.05, 0) is 27.7 Å². The van der Waals surface area contributed by atoms with E-state index in [0.717, 1.165) is 18.1 Å². The van der Waals surface area contributed by atoms with E-state index in [0.29, 0.717) is 39.4 Å². The third-order valence-electron chi connectivity index (χ3n) is 3.74. The van der Waals surface area contributed by atoms with E-state index in [2.05, 4.69) is 21.8 Å². The predicted molar refractivity (Wildman–Crippen MR) is 94.2 cm³/mol. The topological polar surface area (TPSA) is 66.4 Å². The lowest BCUT2D eigenvalue weighted by molar-refractivity contribution is 0.0137. The van der Waals surface area contributed by atoms with Gasteiger partial charge in [0.15, 0.2) is 5.96 Å². The Morgan fingerprint density at radius 1 is 1.42 bits per heavy atom. The first-order valence-electron chi connectivity index (χ1n) is 8.51. The van der Waals surface area contributed by atoms with Crippen molar-refractivity contribution in [2.75, 3.05) is 45.9 Å². The molecule has 1 atom stereocenters. The molecule has 7 nitrogen and oxygen atoms in total. The number of amides is 1. The Kier molecular flexibility index (Phi) is 6.10. The molecule has 0 spiro atoms. The second-order valence-electron chi connectivity index (χ2n) is 7.37. The lowest BCUT2D eigenvalue weighted by atomic mass is 10.2. The van der Waals surface area contributed by atoms with Gasteiger partial charge in [0.1, 0.15) is 5.60 Å². The molecule has 0 aromatic heterocycles. The maximum absolute atomic E-state index is 12.2. The van der Waals surface area contributed by atoms with Crippen molar-refractivity contribution in [1.29, 1.82) is 0 Å². The summed E-state index contributed by atoms with van der Waals surface area (Å²) in [5.41, 5.74) is 0.559. The Morgan fingerprint density at radius 3 is 2.83 bits per heavy atom. The fraction of sp³-hybridized carbons (Fsp3) is 0.765. The molecule has 0 aromatic rings. The van der Waals surface area contributed by atoms with Gasteiger partial charge in [-0.3, -0.25) is 4.99 Å². The van der Waals surface area contributed by atoms with E-state index < -0.39 is 5.60 Å². The molecule has 0 aliphatic carbocycles. The van der Waals surface area contributed by atoms with Gasteiger partial charge >= 0.3 is 6.09 Å². The van der Waals surface area contributed by atoms with Crippen LogP contribution in [0.15, 0.2) is 17.1 Å². The quantitative estimate of drug-likeness (QED) is 0.607. The van der Waals surface area contributed by atoms with Crippen LogP contribution in [0.25, 0.3) is 0 Å². The highest BCUT2D eigenvalue weighted by atomic mass is 16.6. The molecule has 1 amide bonds. The van der Waals surface area contributed by atoms with Crippen LogP contribution in [0, 0.1) is 0 Å². The molecular weight excluding hydrogens is 308 g/mol. The number of hydrogen-bond acceptors (Lipinski definition) is 6. The second kappa shape index (κ2) is 7.88. The molecule has 1 saturated heterocycles. The van der Waals surface area contributed by atoms with Crippen molar-refractivity contribution < 1.29 is 14.3 Å². The molecule has 136 valence electrons. The first kappa shape index (κ1) is 18.6. The smallest absolute Gasteiger partial charge is 0.410 e. The molecule has 0 aromatic carbocycles. The van der Waals surface area contributed by atoms with Crippen LogP contribution in [-0.2, 0) is 9.47 Å². The van der Waals surface area contributed by atoms with Gasteiger partial charge in [0.05, 0.1) is 25.8 Å². The molecule has 2 aliphatic heterocycles. The van der Waals surface area contributed by atoms with Crippen LogP contribution in [0.5, 0.6) is 0 Å². The Hall–Kier alpha value is -1.76. The van der Waals surface area contributed by atoms with Crippen molar-refractivity contribution in [2.24, 2.45) is 4.99 Å². The minimum Gasteiger partial charge on any atom is -0.444 e. The lowest BCUT2D eigenvalue weighted by Gasteiger charge is -2.39. The molecule has 0 bridgehead atoms. The predicted octanol–water partition coefficient (Wildman–Crippen LogP) is 1.46. The molecule has 2 heterocycles. The van der Waals surface area contributed by atoms with Gasteiger partial charge in [0, 0.05) is 26.2 Å². The standard InChI is InChI=1S/C17H30N4O3/c1-13(2)12-23-9-6-18-15-19-10-14-11-20(7-8-21(14)15)16(22)24-17(3,4)5/h14H,1,6-12H2,2-5H3,(H,18,19). The number of fused-ring (bicyclic) bond motifs is 1. The molecule has 0 saturated carbocycles. The molecule has 2 aliphatic rings. The van der Waals surface area contributed by atoms with Gasteiger partial charge in [-0.15, -0.1) is 0 Å². The van der Waals surface area contributed by atoms with Crippen LogP contribution >= 0.6 is 0 Å². The third kappa shape index (κ3) is 5.40. The zero-order valence-electron chi connectivity index (χ0n) is 15.3. The highest BCUT2D eigenvalue weighted by molar-refractivity contribution is 5.82. The summed E-state index contributed by atoms with van der Waals surface area (Å²) in [4.78, 5) is 20.8. The normalized spacial score (nSPS) is 20.5. The summed E-state index contributed by atoms with van der Waals surface area (Å²) in [5, 5.41) is 3.32. The Morgan fingerprint density at radius 2 is 2.17 bits per heavy atom. The summed E-state index contributed by atoms with van der Waals surface area (Å²) in [5.74, 6) is 0.905. The largest absolute Gasteiger partial charge is 0.444 e. The minimum absolute atomic E-state index is 0.227. The molecule has 1 fully saturated rings. The molecule has 24 heavy (non-hydrogen) atoms. The van der Waals surface area contributed by atoms with Crippen LogP contribution < -0.4 is 5.32 Å². The van der Waals surface area contributed by atoms with Crippen molar-refractivity contribution in [3.63, 3.8) is 0 Å². The average molecular weight is 338 g/mol. The van der Waals surface area contributed by atoms with E-state index in [9.17, 15) is 4.79 Å². The SMILES string of the molecule is C=C(C)COCCNC1=NCC2CN(C(=O)OC(C)(C)C)CCN12. The third-order valence-corrected chi connectivity index (χ3v) is 3.74. The maximum Gasteiger partial charge on any atom is 0.410 e. The highest BCUT2D eigenvalue weighted by Gasteiger charge is 2.36. The number of aliphatic imine (C=N–C) groups is 1. The van der Waals surface area contributed by atoms with E-state index in [-0.39, 0.29) is 12.1 Å². The van der Waals surface area contributed by atoms with Crippen molar-refractivity contribution in [2.45, 2.75) is 39.3 Å². The maximum atomic E-state index is 12.2. The number of nitrogens with zero attached hydrogens (tertiary/aromatic N) is 3. The molecule has 2 rings (SSSR count). The summed E-state index contributed by atoms with van der Waals surface area (Å²) < 4.78 is 10.9. The van der Waals surface area contributed by atoms with Crippen LogP contribution in [0.1, 0.15) is 27.7 Å². The van der Waals surface area contributed by atoms with E-state index in [1.54, 1.807) is 4.90 Å². The van der Waals surface area contributed by atoms with Gasteiger partial charge in [0.25, 0.3) is 0 Å².